The molecular formula is C15H28N2O3. The molecule has 1 saturated heterocycles. The molecule has 2 fully saturated rings. The predicted octanol–water partition coefficient (Wildman–Crippen LogP) is 1.21. The minimum absolute atomic E-state index is 0.00161. The monoisotopic (exact) mass is 284 g/mol. The Labute approximate surface area is 121 Å². The first-order valence-corrected chi connectivity index (χ1v) is 7.86. The van der Waals surface area contributed by atoms with Crippen LogP contribution < -0.4 is 11.1 Å². The van der Waals surface area contributed by atoms with E-state index < -0.39 is 0 Å². The molecule has 0 aromatic heterocycles. The van der Waals surface area contributed by atoms with Gasteiger partial charge in [0.15, 0.2) is 0 Å². The van der Waals surface area contributed by atoms with E-state index in [9.17, 15) is 4.79 Å². The average molecular weight is 284 g/mol. The van der Waals surface area contributed by atoms with E-state index in [1.165, 1.54) is 0 Å². The molecule has 1 amide bonds. The molecule has 0 radical (unpaired) electrons. The summed E-state index contributed by atoms with van der Waals surface area (Å²) in [6, 6.07) is -0.00161. The summed E-state index contributed by atoms with van der Waals surface area (Å²) in [6.07, 6.45) is 6.26. The fraction of sp³-hybridized carbons (Fsp3) is 0.933. The van der Waals surface area contributed by atoms with Gasteiger partial charge in [-0.3, -0.25) is 4.79 Å². The number of hydrogen-bond donors (Lipinski definition) is 2. The lowest BCUT2D eigenvalue weighted by molar-refractivity contribution is -0.130. The van der Waals surface area contributed by atoms with Gasteiger partial charge in [0.05, 0.1) is 18.1 Å². The number of carbonyl (C=O) groups excluding carboxylic acids is 1. The van der Waals surface area contributed by atoms with E-state index in [4.69, 9.17) is 15.2 Å². The van der Waals surface area contributed by atoms with Crippen molar-refractivity contribution in [1.82, 2.24) is 5.32 Å². The maximum Gasteiger partial charge on any atom is 0.227 e. The van der Waals surface area contributed by atoms with Gasteiger partial charge in [0.2, 0.25) is 5.91 Å². The van der Waals surface area contributed by atoms with Crippen LogP contribution in [0.2, 0.25) is 0 Å². The van der Waals surface area contributed by atoms with Crippen molar-refractivity contribution in [3.05, 3.63) is 0 Å². The van der Waals surface area contributed by atoms with E-state index in [2.05, 4.69) is 5.32 Å². The fourth-order valence-electron chi connectivity index (χ4n) is 3.04. The lowest BCUT2D eigenvalue weighted by Gasteiger charge is -2.27. The van der Waals surface area contributed by atoms with Gasteiger partial charge in [0, 0.05) is 25.8 Å². The third-order valence-corrected chi connectivity index (χ3v) is 4.63. The Kier molecular flexibility index (Phi) is 5.81. The summed E-state index contributed by atoms with van der Waals surface area (Å²) in [5.74, 6) is 0.0987. The van der Waals surface area contributed by atoms with Crippen molar-refractivity contribution in [2.45, 2.75) is 57.6 Å². The molecule has 3 unspecified atom stereocenters. The van der Waals surface area contributed by atoms with Crippen molar-refractivity contribution in [2.75, 3.05) is 26.4 Å². The first kappa shape index (κ1) is 15.7. The minimum Gasteiger partial charge on any atom is -0.379 e. The highest BCUT2D eigenvalue weighted by Crippen LogP contribution is 2.36. The zero-order valence-corrected chi connectivity index (χ0v) is 12.5. The van der Waals surface area contributed by atoms with Gasteiger partial charge in [0.25, 0.3) is 0 Å². The number of amides is 1. The maximum absolute atomic E-state index is 12.2. The van der Waals surface area contributed by atoms with Crippen LogP contribution in [0.25, 0.3) is 0 Å². The van der Waals surface area contributed by atoms with E-state index in [1.54, 1.807) is 0 Å². The first-order valence-electron chi connectivity index (χ1n) is 7.86. The SMILES string of the molecule is CC1(C(=O)NCCCOCC2CCCO2)CCCC1N. The molecule has 20 heavy (non-hydrogen) atoms. The molecule has 1 aliphatic heterocycles. The third-order valence-electron chi connectivity index (χ3n) is 4.63. The van der Waals surface area contributed by atoms with Crippen LogP contribution in [0.3, 0.4) is 0 Å². The van der Waals surface area contributed by atoms with E-state index in [0.29, 0.717) is 19.8 Å². The Morgan fingerprint density at radius 2 is 2.30 bits per heavy atom. The Morgan fingerprint density at radius 3 is 2.95 bits per heavy atom. The summed E-state index contributed by atoms with van der Waals surface area (Å²) in [5.41, 5.74) is 5.66. The van der Waals surface area contributed by atoms with Crippen LogP contribution in [0.5, 0.6) is 0 Å². The number of ether oxygens (including phenoxy) is 2. The van der Waals surface area contributed by atoms with Gasteiger partial charge in [-0.15, -0.1) is 0 Å². The van der Waals surface area contributed by atoms with Gasteiger partial charge in [-0.25, -0.2) is 0 Å². The molecule has 0 aromatic carbocycles. The summed E-state index contributed by atoms with van der Waals surface area (Å²) >= 11 is 0. The predicted molar refractivity (Wildman–Crippen MR) is 77.4 cm³/mol. The molecule has 0 aromatic rings. The smallest absolute Gasteiger partial charge is 0.227 e. The van der Waals surface area contributed by atoms with Gasteiger partial charge >= 0.3 is 0 Å². The lowest BCUT2D eigenvalue weighted by Crippen LogP contribution is -2.47. The molecule has 1 aliphatic carbocycles. The van der Waals surface area contributed by atoms with Crippen LogP contribution in [0.4, 0.5) is 0 Å². The number of nitrogens with one attached hydrogen (secondary N) is 1. The number of nitrogens with two attached hydrogens (primary N) is 1. The normalized spacial score (nSPS) is 33.5. The van der Waals surface area contributed by atoms with Crippen molar-refractivity contribution in [1.29, 1.82) is 0 Å². The second-order valence-electron chi connectivity index (χ2n) is 6.24. The Morgan fingerprint density at radius 1 is 1.45 bits per heavy atom. The molecule has 3 atom stereocenters. The second kappa shape index (κ2) is 7.38. The Balaban J connectivity index is 1.53. The molecular weight excluding hydrogens is 256 g/mol. The molecule has 2 aliphatic rings. The Bertz CT molecular complexity index is 318. The van der Waals surface area contributed by atoms with E-state index in [0.717, 1.165) is 45.1 Å². The zero-order chi connectivity index (χ0) is 14.4. The summed E-state index contributed by atoms with van der Waals surface area (Å²) in [6.45, 7) is 4.85. The lowest BCUT2D eigenvalue weighted by atomic mass is 9.84. The molecule has 3 N–H and O–H groups in total. The molecule has 1 saturated carbocycles. The van der Waals surface area contributed by atoms with Crippen LogP contribution in [0.15, 0.2) is 0 Å². The van der Waals surface area contributed by atoms with E-state index in [1.807, 2.05) is 6.92 Å². The minimum atomic E-state index is -0.376. The van der Waals surface area contributed by atoms with Crippen molar-refractivity contribution in [3.63, 3.8) is 0 Å². The number of hydrogen-bond acceptors (Lipinski definition) is 4. The molecule has 0 spiro atoms. The molecule has 1 heterocycles. The topological polar surface area (TPSA) is 73.6 Å². The first-order chi connectivity index (χ1) is 9.63. The van der Waals surface area contributed by atoms with Crippen LogP contribution in [0.1, 0.15) is 45.4 Å². The van der Waals surface area contributed by atoms with Crippen LogP contribution in [-0.4, -0.2) is 44.4 Å². The van der Waals surface area contributed by atoms with Gasteiger partial charge in [0.1, 0.15) is 0 Å². The second-order valence-corrected chi connectivity index (χ2v) is 6.24. The molecule has 116 valence electrons. The quantitative estimate of drug-likeness (QED) is 0.689. The van der Waals surface area contributed by atoms with E-state index >= 15 is 0 Å². The highest BCUT2D eigenvalue weighted by atomic mass is 16.5. The van der Waals surface area contributed by atoms with Crippen LogP contribution in [-0.2, 0) is 14.3 Å². The largest absolute Gasteiger partial charge is 0.379 e. The van der Waals surface area contributed by atoms with Crippen molar-refractivity contribution < 1.29 is 14.3 Å². The van der Waals surface area contributed by atoms with Crippen molar-refractivity contribution in [3.8, 4) is 0 Å². The molecule has 5 nitrogen and oxygen atoms in total. The van der Waals surface area contributed by atoms with Crippen LogP contribution >= 0.6 is 0 Å². The number of carbonyl (C=O) groups is 1. The average Bonchev–Trinajstić information content (AvgIpc) is 3.05. The highest BCUT2D eigenvalue weighted by molar-refractivity contribution is 5.83. The van der Waals surface area contributed by atoms with Gasteiger partial charge in [-0.2, -0.15) is 0 Å². The van der Waals surface area contributed by atoms with Gasteiger partial charge in [-0.1, -0.05) is 6.42 Å². The van der Waals surface area contributed by atoms with Gasteiger partial charge in [-0.05, 0) is 39.0 Å². The van der Waals surface area contributed by atoms with Crippen molar-refractivity contribution in [2.24, 2.45) is 11.1 Å². The summed E-state index contributed by atoms with van der Waals surface area (Å²) in [5, 5.41) is 2.99. The maximum atomic E-state index is 12.2. The number of rotatable bonds is 7. The molecule has 2 rings (SSSR count). The summed E-state index contributed by atoms with van der Waals surface area (Å²) in [7, 11) is 0. The van der Waals surface area contributed by atoms with Crippen LogP contribution in [0, 0.1) is 5.41 Å². The molecule has 5 heteroatoms. The molecule has 0 bridgehead atoms. The Hall–Kier alpha value is -0.650. The third kappa shape index (κ3) is 3.93. The summed E-state index contributed by atoms with van der Waals surface area (Å²) < 4.78 is 11.1. The zero-order valence-electron chi connectivity index (χ0n) is 12.5. The van der Waals surface area contributed by atoms with E-state index in [-0.39, 0.29) is 23.5 Å². The summed E-state index contributed by atoms with van der Waals surface area (Å²) in [4.78, 5) is 12.2. The fourth-order valence-corrected chi connectivity index (χ4v) is 3.04. The standard InChI is InChI=1S/C15H28N2O3/c1-15(7-2-6-13(15)16)14(18)17-8-4-9-19-11-12-5-3-10-20-12/h12-13H,2-11,16H2,1H3,(H,17,18). The van der Waals surface area contributed by atoms with Gasteiger partial charge < -0.3 is 20.5 Å². The van der Waals surface area contributed by atoms with Crippen molar-refractivity contribution >= 4 is 5.91 Å². The highest BCUT2D eigenvalue weighted by Gasteiger charge is 2.42.